The number of benzene rings is 1. The summed E-state index contributed by atoms with van der Waals surface area (Å²) >= 11 is 6.77. The molecule has 0 saturated heterocycles. The first kappa shape index (κ1) is 15.0. The molecule has 1 heterocycles. The van der Waals surface area contributed by atoms with E-state index in [-0.39, 0.29) is 0 Å². The molecule has 19 heavy (non-hydrogen) atoms. The van der Waals surface area contributed by atoms with Crippen molar-refractivity contribution in [2.45, 2.75) is 35.5 Å². The van der Waals surface area contributed by atoms with Crippen molar-refractivity contribution >= 4 is 39.0 Å². The van der Waals surface area contributed by atoms with Crippen LogP contribution in [-0.4, -0.2) is 16.7 Å². The third-order valence-corrected chi connectivity index (χ3v) is 5.02. The first-order valence-electron chi connectivity index (χ1n) is 6.17. The van der Waals surface area contributed by atoms with E-state index in [0.29, 0.717) is 6.04 Å². The highest BCUT2D eigenvalue weighted by molar-refractivity contribution is 9.10. The molecule has 0 aliphatic carbocycles. The molecule has 0 fully saturated rings. The predicted molar refractivity (Wildman–Crippen MR) is 84.9 cm³/mol. The molecule has 1 N–H and O–H groups in total. The van der Waals surface area contributed by atoms with Crippen LogP contribution >= 0.6 is 39.0 Å². The number of hydrogen-bond acceptors (Lipinski definition) is 5. The van der Waals surface area contributed by atoms with Gasteiger partial charge in [-0.3, -0.25) is 0 Å². The Balaban J connectivity index is 2.22. The van der Waals surface area contributed by atoms with Crippen molar-refractivity contribution in [1.29, 1.82) is 0 Å². The summed E-state index contributed by atoms with van der Waals surface area (Å²) in [5.74, 6) is 0. The molecule has 0 aliphatic heterocycles. The van der Waals surface area contributed by atoms with Crippen LogP contribution in [0.25, 0.3) is 0 Å². The highest BCUT2D eigenvalue weighted by Crippen LogP contribution is 2.35. The van der Waals surface area contributed by atoms with Crippen LogP contribution in [0.3, 0.4) is 0 Å². The van der Waals surface area contributed by atoms with Gasteiger partial charge in [0.25, 0.3) is 0 Å². The molecule has 2 rings (SSSR count). The number of aromatic nitrogens is 2. The van der Waals surface area contributed by atoms with Crippen molar-refractivity contribution in [1.82, 2.24) is 15.5 Å². The average Bonchev–Trinajstić information content (AvgIpc) is 2.89. The Morgan fingerprint density at radius 3 is 3.00 bits per heavy atom. The van der Waals surface area contributed by atoms with Crippen molar-refractivity contribution in [2.75, 3.05) is 6.54 Å². The van der Waals surface area contributed by atoms with E-state index in [4.69, 9.17) is 0 Å². The molecule has 0 aliphatic rings. The topological polar surface area (TPSA) is 37.8 Å². The fourth-order valence-corrected chi connectivity index (χ4v) is 3.93. The minimum Gasteiger partial charge on any atom is -0.310 e. The quantitative estimate of drug-likeness (QED) is 0.824. The third kappa shape index (κ3) is 4.27. The zero-order chi connectivity index (χ0) is 13.7. The van der Waals surface area contributed by atoms with E-state index in [1.54, 1.807) is 28.6 Å². The van der Waals surface area contributed by atoms with Crippen LogP contribution in [0.5, 0.6) is 0 Å². The summed E-state index contributed by atoms with van der Waals surface area (Å²) in [6.45, 7) is 5.40. The second kappa shape index (κ2) is 7.38. The van der Waals surface area contributed by atoms with Gasteiger partial charge < -0.3 is 5.32 Å². The molecular formula is C13H16BrN3S2. The van der Waals surface area contributed by atoms with E-state index >= 15 is 0 Å². The molecule has 1 atom stereocenters. The van der Waals surface area contributed by atoms with Crippen molar-refractivity contribution in [3.05, 3.63) is 33.7 Å². The Labute approximate surface area is 130 Å². The van der Waals surface area contributed by atoms with Crippen molar-refractivity contribution in [2.24, 2.45) is 0 Å². The van der Waals surface area contributed by atoms with E-state index in [1.807, 2.05) is 0 Å². The van der Waals surface area contributed by atoms with E-state index < -0.39 is 0 Å². The molecule has 1 aromatic carbocycles. The van der Waals surface area contributed by atoms with Crippen LogP contribution in [0.1, 0.15) is 31.9 Å². The number of hydrogen-bond donors (Lipinski definition) is 1. The summed E-state index contributed by atoms with van der Waals surface area (Å²) in [7, 11) is 0. The number of rotatable bonds is 6. The summed E-state index contributed by atoms with van der Waals surface area (Å²) in [4.78, 5) is 1.22. The lowest BCUT2D eigenvalue weighted by Gasteiger charge is -2.17. The van der Waals surface area contributed by atoms with Gasteiger partial charge in [0, 0.05) is 15.4 Å². The molecule has 6 heteroatoms. The van der Waals surface area contributed by atoms with Gasteiger partial charge in [-0.1, -0.05) is 52.0 Å². The van der Waals surface area contributed by atoms with Crippen LogP contribution in [0, 0.1) is 0 Å². The largest absolute Gasteiger partial charge is 0.310 e. The number of halogens is 1. The molecule has 0 amide bonds. The van der Waals surface area contributed by atoms with Gasteiger partial charge in [-0.2, -0.15) is 0 Å². The SMILES string of the molecule is CCCNC(C)c1ccc(Br)cc1Sc1nncs1. The zero-order valence-electron chi connectivity index (χ0n) is 10.9. The molecule has 0 saturated carbocycles. The molecule has 2 aromatic rings. The first-order valence-corrected chi connectivity index (χ1v) is 8.66. The fourth-order valence-electron chi connectivity index (χ4n) is 1.73. The Morgan fingerprint density at radius 1 is 1.47 bits per heavy atom. The van der Waals surface area contributed by atoms with Crippen LogP contribution in [0.15, 0.2) is 37.4 Å². The van der Waals surface area contributed by atoms with Gasteiger partial charge in [-0.25, -0.2) is 0 Å². The summed E-state index contributed by atoms with van der Waals surface area (Å²) in [6, 6.07) is 6.74. The molecule has 3 nitrogen and oxygen atoms in total. The summed E-state index contributed by atoms with van der Waals surface area (Å²) in [5.41, 5.74) is 3.07. The molecule has 1 unspecified atom stereocenters. The number of nitrogens with one attached hydrogen (secondary N) is 1. The molecule has 0 bridgehead atoms. The molecule has 1 aromatic heterocycles. The smallest absolute Gasteiger partial charge is 0.178 e. The Hall–Kier alpha value is -0.430. The summed E-state index contributed by atoms with van der Waals surface area (Å²) in [6.07, 6.45) is 1.14. The van der Waals surface area contributed by atoms with Crippen LogP contribution < -0.4 is 5.32 Å². The Bertz CT molecular complexity index is 517. The lowest BCUT2D eigenvalue weighted by Crippen LogP contribution is -2.19. The molecule has 0 radical (unpaired) electrons. The molecule has 102 valence electrons. The van der Waals surface area contributed by atoms with Gasteiger partial charge in [0.2, 0.25) is 0 Å². The Kier molecular flexibility index (Phi) is 5.81. The standard InChI is InChI=1S/C13H16BrN3S2/c1-3-6-15-9(2)11-5-4-10(14)7-12(11)19-13-17-16-8-18-13/h4-5,7-9,15H,3,6H2,1-2H3. The van der Waals surface area contributed by atoms with Crippen molar-refractivity contribution in [3.8, 4) is 0 Å². The predicted octanol–water partition coefficient (Wildman–Crippen LogP) is 4.51. The lowest BCUT2D eigenvalue weighted by atomic mass is 10.1. The monoisotopic (exact) mass is 357 g/mol. The van der Waals surface area contributed by atoms with E-state index in [1.165, 1.54) is 10.5 Å². The maximum absolute atomic E-state index is 4.10. The zero-order valence-corrected chi connectivity index (χ0v) is 14.1. The normalized spacial score (nSPS) is 12.6. The second-order valence-corrected chi connectivity index (χ2v) is 7.20. The van der Waals surface area contributed by atoms with Gasteiger partial charge in [-0.05, 0) is 37.6 Å². The van der Waals surface area contributed by atoms with Crippen molar-refractivity contribution < 1.29 is 0 Å². The highest BCUT2D eigenvalue weighted by atomic mass is 79.9. The highest BCUT2D eigenvalue weighted by Gasteiger charge is 2.12. The maximum atomic E-state index is 4.10. The van der Waals surface area contributed by atoms with Crippen LogP contribution in [0.2, 0.25) is 0 Å². The molecule has 0 spiro atoms. The van der Waals surface area contributed by atoms with E-state index in [9.17, 15) is 0 Å². The van der Waals surface area contributed by atoms with E-state index in [2.05, 4.69) is 63.5 Å². The minimum atomic E-state index is 0.337. The van der Waals surface area contributed by atoms with Gasteiger partial charge in [0.15, 0.2) is 4.34 Å². The van der Waals surface area contributed by atoms with Gasteiger partial charge in [-0.15, -0.1) is 10.2 Å². The second-order valence-electron chi connectivity index (χ2n) is 4.16. The van der Waals surface area contributed by atoms with Crippen LogP contribution in [0.4, 0.5) is 0 Å². The van der Waals surface area contributed by atoms with Gasteiger partial charge >= 0.3 is 0 Å². The number of nitrogens with zero attached hydrogens (tertiary/aromatic N) is 2. The Morgan fingerprint density at radius 2 is 2.32 bits per heavy atom. The molecular weight excluding hydrogens is 342 g/mol. The van der Waals surface area contributed by atoms with E-state index in [0.717, 1.165) is 21.8 Å². The fraction of sp³-hybridized carbons (Fsp3) is 0.385. The van der Waals surface area contributed by atoms with Crippen molar-refractivity contribution in [3.63, 3.8) is 0 Å². The maximum Gasteiger partial charge on any atom is 0.178 e. The van der Waals surface area contributed by atoms with Gasteiger partial charge in [0.05, 0.1) is 0 Å². The summed E-state index contributed by atoms with van der Waals surface area (Å²) < 4.78 is 2.06. The average molecular weight is 358 g/mol. The lowest BCUT2D eigenvalue weighted by molar-refractivity contribution is 0.563. The first-order chi connectivity index (χ1) is 9.20. The minimum absolute atomic E-state index is 0.337. The van der Waals surface area contributed by atoms with Crippen LogP contribution in [-0.2, 0) is 0 Å². The van der Waals surface area contributed by atoms with Gasteiger partial charge in [0.1, 0.15) is 5.51 Å². The summed E-state index contributed by atoms with van der Waals surface area (Å²) in [5, 5.41) is 11.5. The third-order valence-electron chi connectivity index (χ3n) is 2.68.